The van der Waals surface area contributed by atoms with Crippen LogP contribution in [0.2, 0.25) is 0 Å². The number of nitrogens with one attached hydrogen (secondary N) is 1. The van der Waals surface area contributed by atoms with Crippen LogP contribution in [0.1, 0.15) is 32.4 Å². The molecule has 1 saturated heterocycles. The predicted octanol–water partition coefficient (Wildman–Crippen LogP) is 2.16. The molecule has 0 bridgehead atoms. The SMILES string of the molecule is CC(C)CN1C(=O)C(c2ccccc2)NC1C. The van der Waals surface area contributed by atoms with Crippen molar-refractivity contribution in [2.24, 2.45) is 5.92 Å². The van der Waals surface area contributed by atoms with Crippen LogP contribution in [0.25, 0.3) is 0 Å². The van der Waals surface area contributed by atoms with Crippen molar-refractivity contribution < 1.29 is 4.79 Å². The molecule has 1 heterocycles. The van der Waals surface area contributed by atoms with Crippen LogP contribution in [-0.4, -0.2) is 23.5 Å². The van der Waals surface area contributed by atoms with Crippen LogP contribution in [-0.2, 0) is 4.79 Å². The van der Waals surface area contributed by atoms with E-state index in [-0.39, 0.29) is 18.1 Å². The Morgan fingerprint density at radius 2 is 1.94 bits per heavy atom. The predicted molar refractivity (Wildman–Crippen MR) is 68.3 cm³/mol. The van der Waals surface area contributed by atoms with E-state index in [9.17, 15) is 4.79 Å². The third-order valence-corrected chi connectivity index (χ3v) is 3.10. The van der Waals surface area contributed by atoms with E-state index in [4.69, 9.17) is 0 Å². The largest absolute Gasteiger partial charge is 0.326 e. The Kier molecular flexibility index (Phi) is 3.48. The van der Waals surface area contributed by atoms with Crippen molar-refractivity contribution in [2.45, 2.75) is 33.0 Å². The van der Waals surface area contributed by atoms with Crippen LogP contribution in [0.15, 0.2) is 30.3 Å². The zero-order valence-electron chi connectivity index (χ0n) is 10.7. The Morgan fingerprint density at radius 3 is 2.53 bits per heavy atom. The summed E-state index contributed by atoms with van der Waals surface area (Å²) in [6.07, 6.45) is 0.120. The van der Waals surface area contributed by atoms with Gasteiger partial charge >= 0.3 is 0 Å². The van der Waals surface area contributed by atoms with Gasteiger partial charge in [0.15, 0.2) is 0 Å². The number of carbonyl (C=O) groups excluding carboxylic acids is 1. The highest BCUT2D eigenvalue weighted by molar-refractivity contribution is 5.85. The fraction of sp³-hybridized carbons (Fsp3) is 0.500. The van der Waals surface area contributed by atoms with Crippen LogP contribution in [0, 0.1) is 5.92 Å². The summed E-state index contributed by atoms with van der Waals surface area (Å²) in [4.78, 5) is 14.2. The highest BCUT2D eigenvalue weighted by Gasteiger charge is 2.37. The van der Waals surface area contributed by atoms with E-state index in [0.717, 1.165) is 12.1 Å². The Balaban J connectivity index is 2.16. The zero-order chi connectivity index (χ0) is 12.4. The summed E-state index contributed by atoms with van der Waals surface area (Å²) < 4.78 is 0. The molecule has 2 unspecified atom stereocenters. The molecule has 1 amide bonds. The minimum absolute atomic E-state index is 0.120. The molecule has 1 aliphatic rings. The lowest BCUT2D eigenvalue weighted by molar-refractivity contribution is -0.130. The molecule has 1 aromatic carbocycles. The van der Waals surface area contributed by atoms with Gasteiger partial charge in [-0.1, -0.05) is 44.2 Å². The Hall–Kier alpha value is -1.35. The highest BCUT2D eigenvalue weighted by Crippen LogP contribution is 2.24. The second kappa shape index (κ2) is 4.88. The molecule has 1 fully saturated rings. The third-order valence-electron chi connectivity index (χ3n) is 3.10. The molecular weight excluding hydrogens is 212 g/mol. The molecule has 0 spiro atoms. The van der Waals surface area contributed by atoms with Crippen molar-refractivity contribution in [3.63, 3.8) is 0 Å². The van der Waals surface area contributed by atoms with E-state index < -0.39 is 0 Å². The molecule has 0 aromatic heterocycles. The molecule has 92 valence electrons. The number of carbonyl (C=O) groups is 1. The van der Waals surface area contributed by atoms with Crippen molar-refractivity contribution in [1.82, 2.24) is 10.2 Å². The maximum Gasteiger partial charge on any atom is 0.245 e. The van der Waals surface area contributed by atoms with Gasteiger partial charge in [0.05, 0.1) is 6.17 Å². The number of hydrogen-bond donors (Lipinski definition) is 1. The van der Waals surface area contributed by atoms with Crippen LogP contribution in [0.5, 0.6) is 0 Å². The van der Waals surface area contributed by atoms with Crippen LogP contribution < -0.4 is 5.32 Å². The Morgan fingerprint density at radius 1 is 1.29 bits per heavy atom. The summed E-state index contributed by atoms with van der Waals surface area (Å²) in [6.45, 7) is 7.13. The lowest BCUT2D eigenvalue weighted by atomic mass is 10.1. The van der Waals surface area contributed by atoms with E-state index in [2.05, 4.69) is 19.2 Å². The van der Waals surface area contributed by atoms with E-state index >= 15 is 0 Å². The highest BCUT2D eigenvalue weighted by atomic mass is 16.2. The fourth-order valence-corrected chi connectivity index (χ4v) is 2.28. The van der Waals surface area contributed by atoms with Gasteiger partial charge < -0.3 is 4.90 Å². The van der Waals surface area contributed by atoms with Gasteiger partial charge in [0.2, 0.25) is 5.91 Å². The van der Waals surface area contributed by atoms with Crippen molar-refractivity contribution >= 4 is 5.91 Å². The smallest absolute Gasteiger partial charge is 0.245 e. The average Bonchev–Trinajstić information content (AvgIpc) is 2.58. The first kappa shape index (κ1) is 12.1. The summed E-state index contributed by atoms with van der Waals surface area (Å²) in [6, 6.07) is 9.74. The summed E-state index contributed by atoms with van der Waals surface area (Å²) in [5.74, 6) is 0.690. The maximum absolute atomic E-state index is 12.3. The van der Waals surface area contributed by atoms with Crippen LogP contribution in [0.3, 0.4) is 0 Å². The van der Waals surface area contributed by atoms with E-state index in [1.807, 2.05) is 42.2 Å². The topological polar surface area (TPSA) is 32.3 Å². The van der Waals surface area contributed by atoms with Crippen molar-refractivity contribution in [3.05, 3.63) is 35.9 Å². The standard InChI is InChI=1S/C14H20N2O/c1-10(2)9-16-11(3)15-13(14(16)17)12-7-5-4-6-8-12/h4-8,10-11,13,15H,9H2,1-3H3. The summed E-state index contributed by atoms with van der Waals surface area (Å²) in [5.41, 5.74) is 1.05. The first-order chi connectivity index (χ1) is 8.09. The molecule has 1 N–H and O–H groups in total. The van der Waals surface area contributed by atoms with Crippen molar-refractivity contribution in [2.75, 3.05) is 6.54 Å². The molecule has 2 rings (SSSR count). The quantitative estimate of drug-likeness (QED) is 0.866. The second-order valence-electron chi connectivity index (χ2n) is 5.07. The van der Waals surface area contributed by atoms with Gasteiger partial charge in [0.25, 0.3) is 0 Å². The summed E-state index contributed by atoms with van der Waals surface area (Å²) in [7, 11) is 0. The average molecular weight is 232 g/mol. The monoisotopic (exact) mass is 232 g/mol. The number of nitrogens with zero attached hydrogens (tertiary/aromatic N) is 1. The molecule has 17 heavy (non-hydrogen) atoms. The molecule has 2 atom stereocenters. The molecule has 1 aromatic rings. The summed E-state index contributed by atoms with van der Waals surface area (Å²) >= 11 is 0. The Labute approximate surface area is 103 Å². The number of hydrogen-bond acceptors (Lipinski definition) is 2. The minimum Gasteiger partial charge on any atom is -0.326 e. The Bertz CT molecular complexity index is 388. The van der Waals surface area contributed by atoms with Crippen LogP contribution in [0.4, 0.5) is 0 Å². The number of benzene rings is 1. The lowest BCUT2D eigenvalue weighted by Gasteiger charge is -2.22. The van der Waals surface area contributed by atoms with Gasteiger partial charge in [0.1, 0.15) is 6.04 Å². The molecule has 3 nitrogen and oxygen atoms in total. The molecular formula is C14H20N2O. The normalized spacial score (nSPS) is 24.7. The number of rotatable bonds is 3. The molecule has 1 aliphatic heterocycles. The van der Waals surface area contributed by atoms with Crippen LogP contribution >= 0.6 is 0 Å². The van der Waals surface area contributed by atoms with Gasteiger partial charge in [0, 0.05) is 6.54 Å². The maximum atomic E-state index is 12.3. The van der Waals surface area contributed by atoms with Crippen molar-refractivity contribution in [1.29, 1.82) is 0 Å². The first-order valence-electron chi connectivity index (χ1n) is 6.21. The fourth-order valence-electron chi connectivity index (χ4n) is 2.28. The second-order valence-corrected chi connectivity index (χ2v) is 5.07. The number of amides is 1. The molecule has 3 heteroatoms. The summed E-state index contributed by atoms with van der Waals surface area (Å²) in [5, 5.41) is 3.35. The lowest BCUT2D eigenvalue weighted by Crippen LogP contribution is -2.37. The van der Waals surface area contributed by atoms with Gasteiger partial charge in [-0.3, -0.25) is 10.1 Å². The molecule has 0 aliphatic carbocycles. The van der Waals surface area contributed by atoms with Gasteiger partial charge in [-0.15, -0.1) is 0 Å². The van der Waals surface area contributed by atoms with E-state index in [1.165, 1.54) is 0 Å². The van der Waals surface area contributed by atoms with Gasteiger partial charge in [-0.25, -0.2) is 0 Å². The minimum atomic E-state index is -0.176. The van der Waals surface area contributed by atoms with Gasteiger partial charge in [-0.2, -0.15) is 0 Å². The third kappa shape index (κ3) is 2.50. The zero-order valence-corrected chi connectivity index (χ0v) is 10.7. The molecule has 0 radical (unpaired) electrons. The van der Waals surface area contributed by atoms with Crippen molar-refractivity contribution in [3.8, 4) is 0 Å². The first-order valence-corrected chi connectivity index (χ1v) is 6.21. The molecule has 0 saturated carbocycles. The van der Waals surface area contributed by atoms with E-state index in [1.54, 1.807) is 0 Å². The van der Waals surface area contributed by atoms with Gasteiger partial charge in [-0.05, 0) is 18.4 Å². The van der Waals surface area contributed by atoms with E-state index in [0.29, 0.717) is 5.92 Å².